The summed E-state index contributed by atoms with van der Waals surface area (Å²) in [4.78, 5) is 20.8. The number of rotatable bonds is 3. The lowest BCUT2D eigenvalue weighted by Crippen LogP contribution is -2.13. The normalized spacial score (nSPS) is 11.4. The van der Waals surface area contributed by atoms with Crippen molar-refractivity contribution in [3.8, 4) is 0 Å². The van der Waals surface area contributed by atoms with Gasteiger partial charge in [0.25, 0.3) is 5.69 Å². The number of Topliss-reactive ketones (excluding diaryl/α,β-unsaturated/α-hetero) is 1. The van der Waals surface area contributed by atoms with Crippen LogP contribution in [0.1, 0.15) is 35.3 Å². The van der Waals surface area contributed by atoms with Gasteiger partial charge in [0.05, 0.1) is 10.5 Å². The van der Waals surface area contributed by atoms with Crippen LogP contribution >= 0.6 is 0 Å². The van der Waals surface area contributed by atoms with Crippen molar-refractivity contribution in [2.45, 2.75) is 26.4 Å². The van der Waals surface area contributed by atoms with Crippen molar-refractivity contribution in [2.24, 2.45) is 0 Å². The van der Waals surface area contributed by atoms with E-state index in [1.165, 1.54) is 0 Å². The van der Waals surface area contributed by atoms with Gasteiger partial charge in [0.2, 0.25) is 0 Å². The number of carbonyl (C=O) groups excluding carboxylic acids is 1. The molecule has 1 rings (SSSR count). The fraction of sp³-hybridized carbons (Fsp3) is 0.364. The molecule has 18 heavy (non-hydrogen) atoms. The van der Waals surface area contributed by atoms with Crippen molar-refractivity contribution in [3.63, 3.8) is 0 Å². The number of benzene rings is 1. The van der Waals surface area contributed by atoms with Crippen LogP contribution in [-0.4, -0.2) is 10.7 Å². The van der Waals surface area contributed by atoms with Crippen LogP contribution in [0.3, 0.4) is 0 Å². The first-order valence-corrected chi connectivity index (χ1v) is 5.08. The minimum absolute atomic E-state index is 0.234. The molecule has 0 atom stereocenters. The molecular weight excluding hydrogens is 251 g/mol. The van der Waals surface area contributed by atoms with Gasteiger partial charge >= 0.3 is 6.18 Å². The summed E-state index contributed by atoms with van der Waals surface area (Å²) in [6.45, 7) is 2.60. The predicted octanol–water partition coefficient (Wildman–Crippen LogP) is 3.38. The first kappa shape index (κ1) is 14.1. The van der Waals surface area contributed by atoms with E-state index in [0.29, 0.717) is 6.07 Å². The van der Waals surface area contributed by atoms with Gasteiger partial charge in [0.15, 0.2) is 5.78 Å². The first-order valence-electron chi connectivity index (χ1n) is 5.08. The van der Waals surface area contributed by atoms with Gasteiger partial charge in [0, 0.05) is 0 Å². The smallest absolute Gasteiger partial charge is 0.294 e. The lowest BCUT2D eigenvalue weighted by atomic mass is 9.98. The third-order valence-corrected chi connectivity index (χ3v) is 2.45. The molecule has 0 unspecified atom stereocenters. The zero-order valence-electron chi connectivity index (χ0n) is 9.67. The molecule has 0 bridgehead atoms. The van der Waals surface area contributed by atoms with E-state index in [2.05, 4.69) is 0 Å². The summed E-state index contributed by atoms with van der Waals surface area (Å²) >= 11 is 0. The molecule has 0 aliphatic rings. The average molecular weight is 261 g/mol. The molecule has 0 aliphatic carbocycles. The molecule has 0 fully saturated rings. The number of hydrogen-bond donors (Lipinski definition) is 0. The van der Waals surface area contributed by atoms with Crippen LogP contribution < -0.4 is 0 Å². The van der Waals surface area contributed by atoms with Crippen molar-refractivity contribution in [1.29, 1.82) is 0 Å². The topological polar surface area (TPSA) is 60.2 Å². The second kappa shape index (κ2) is 4.75. The van der Waals surface area contributed by atoms with Crippen molar-refractivity contribution >= 4 is 11.5 Å². The van der Waals surface area contributed by atoms with Gasteiger partial charge in [-0.15, -0.1) is 0 Å². The van der Waals surface area contributed by atoms with Gasteiger partial charge in [-0.25, -0.2) is 0 Å². The van der Waals surface area contributed by atoms with Gasteiger partial charge in [0.1, 0.15) is 5.56 Å². The molecule has 98 valence electrons. The fourth-order valence-electron chi connectivity index (χ4n) is 1.58. The van der Waals surface area contributed by atoms with Crippen LogP contribution in [0.5, 0.6) is 0 Å². The number of ketones is 1. The van der Waals surface area contributed by atoms with Crippen molar-refractivity contribution in [2.75, 3.05) is 0 Å². The van der Waals surface area contributed by atoms with Gasteiger partial charge < -0.3 is 0 Å². The second-order valence-electron chi connectivity index (χ2n) is 3.70. The molecule has 0 heterocycles. The maximum Gasteiger partial charge on any atom is 0.423 e. The molecule has 7 heteroatoms. The Labute approximate surface area is 101 Å². The largest absolute Gasteiger partial charge is 0.423 e. The van der Waals surface area contributed by atoms with E-state index >= 15 is 0 Å². The minimum atomic E-state index is -4.86. The monoisotopic (exact) mass is 261 g/mol. The molecule has 4 nitrogen and oxygen atoms in total. The average Bonchev–Trinajstić information content (AvgIpc) is 2.25. The van der Waals surface area contributed by atoms with E-state index in [-0.39, 0.29) is 12.0 Å². The van der Waals surface area contributed by atoms with E-state index in [4.69, 9.17) is 0 Å². The molecule has 0 radical (unpaired) electrons. The Balaban J connectivity index is 3.71. The predicted molar refractivity (Wildman–Crippen MR) is 57.5 cm³/mol. The molecule has 0 spiro atoms. The number of nitro benzene ring substituents is 1. The Bertz CT molecular complexity index is 509. The number of halogens is 3. The van der Waals surface area contributed by atoms with Crippen LogP contribution in [0.2, 0.25) is 0 Å². The molecule has 0 saturated heterocycles. The van der Waals surface area contributed by atoms with Crippen LogP contribution in [-0.2, 0) is 12.6 Å². The zero-order valence-corrected chi connectivity index (χ0v) is 9.67. The van der Waals surface area contributed by atoms with E-state index in [1.807, 2.05) is 0 Å². The van der Waals surface area contributed by atoms with E-state index in [1.54, 1.807) is 6.92 Å². The number of nitrogens with zero attached hydrogens (tertiary/aromatic N) is 1. The standard InChI is InChI=1S/C11H10F3NO3/c1-3-7-4-8(6(2)16)10(15(17)18)9(5-7)11(12,13)14/h4-5H,3H2,1-2H3. The third kappa shape index (κ3) is 2.66. The van der Waals surface area contributed by atoms with Crippen LogP contribution in [0.15, 0.2) is 12.1 Å². The summed E-state index contributed by atoms with van der Waals surface area (Å²) in [5.74, 6) is -0.762. The summed E-state index contributed by atoms with van der Waals surface area (Å²) in [7, 11) is 0. The molecule has 0 N–H and O–H groups in total. The maximum atomic E-state index is 12.8. The van der Waals surface area contributed by atoms with Gasteiger partial charge in [-0.3, -0.25) is 14.9 Å². The number of hydrogen-bond acceptors (Lipinski definition) is 3. The highest BCUT2D eigenvalue weighted by molar-refractivity contribution is 5.98. The molecule has 0 saturated carbocycles. The van der Waals surface area contributed by atoms with Crippen LogP contribution in [0, 0.1) is 10.1 Å². The van der Waals surface area contributed by atoms with Gasteiger partial charge in [-0.05, 0) is 31.0 Å². The van der Waals surface area contributed by atoms with E-state index < -0.39 is 33.7 Å². The summed E-state index contributed by atoms with van der Waals surface area (Å²) in [6.07, 6.45) is -4.61. The Hall–Kier alpha value is -1.92. The number of carbonyl (C=O) groups is 1. The maximum absolute atomic E-state index is 12.8. The quantitative estimate of drug-likeness (QED) is 0.476. The van der Waals surface area contributed by atoms with Crippen molar-refractivity contribution in [1.82, 2.24) is 0 Å². The SMILES string of the molecule is CCc1cc(C(C)=O)c([N+](=O)[O-])c(C(F)(F)F)c1. The number of alkyl halides is 3. The lowest BCUT2D eigenvalue weighted by molar-refractivity contribution is -0.388. The fourth-order valence-corrected chi connectivity index (χ4v) is 1.58. The third-order valence-electron chi connectivity index (χ3n) is 2.45. The Morgan fingerprint density at radius 2 is 1.94 bits per heavy atom. The highest BCUT2D eigenvalue weighted by atomic mass is 19.4. The first-order chi connectivity index (χ1) is 8.18. The van der Waals surface area contributed by atoms with Gasteiger partial charge in [-0.2, -0.15) is 13.2 Å². The molecule has 0 aromatic heterocycles. The molecular formula is C11H10F3NO3. The lowest BCUT2D eigenvalue weighted by Gasteiger charge is -2.11. The Morgan fingerprint density at radius 1 is 1.39 bits per heavy atom. The minimum Gasteiger partial charge on any atom is -0.294 e. The highest BCUT2D eigenvalue weighted by Gasteiger charge is 2.40. The molecule has 1 aromatic carbocycles. The zero-order chi connectivity index (χ0) is 14.1. The highest BCUT2D eigenvalue weighted by Crippen LogP contribution is 2.39. The van der Waals surface area contributed by atoms with E-state index in [0.717, 1.165) is 13.0 Å². The molecule has 0 aliphatic heterocycles. The van der Waals surface area contributed by atoms with Crippen LogP contribution in [0.25, 0.3) is 0 Å². The summed E-state index contributed by atoms with van der Waals surface area (Å²) in [5, 5.41) is 10.7. The second-order valence-corrected chi connectivity index (χ2v) is 3.70. The number of aryl methyl sites for hydroxylation is 1. The summed E-state index contributed by atoms with van der Waals surface area (Å²) in [5.41, 5.74) is -2.82. The Kier molecular flexibility index (Phi) is 3.73. The molecule has 1 aromatic rings. The summed E-state index contributed by atoms with van der Waals surface area (Å²) < 4.78 is 38.3. The van der Waals surface area contributed by atoms with Crippen molar-refractivity contribution < 1.29 is 22.9 Å². The van der Waals surface area contributed by atoms with Gasteiger partial charge in [-0.1, -0.05) is 6.92 Å². The summed E-state index contributed by atoms with van der Waals surface area (Å²) in [6, 6.07) is 1.85. The molecule has 0 amide bonds. The van der Waals surface area contributed by atoms with E-state index in [9.17, 15) is 28.1 Å². The number of nitro groups is 1. The van der Waals surface area contributed by atoms with Crippen molar-refractivity contribution in [3.05, 3.63) is 38.9 Å². The Morgan fingerprint density at radius 3 is 2.28 bits per heavy atom. The van der Waals surface area contributed by atoms with Crippen LogP contribution in [0.4, 0.5) is 18.9 Å².